The Kier molecular flexibility index (Phi) is 3.73. The molecule has 3 rings (SSSR count). The van der Waals surface area contributed by atoms with E-state index >= 15 is 0 Å². The maximum absolute atomic E-state index is 11.9. The van der Waals surface area contributed by atoms with Crippen LogP contribution < -0.4 is 5.32 Å². The molecule has 2 saturated heterocycles. The quantitative estimate of drug-likeness (QED) is 0.925. The van der Waals surface area contributed by atoms with Gasteiger partial charge in [-0.05, 0) is 50.2 Å². The molecule has 1 aromatic heterocycles. The van der Waals surface area contributed by atoms with Crippen LogP contribution in [0, 0.1) is 5.92 Å². The molecule has 2 unspecified atom stereocenters. The Morgan fingerprint density at radius 3 is 2.68 bits per heavy atom. The summed E-state index contributed by atoms with van der Waals surface area (Å²) in [4.78, 5) is 14.4. The topological polar surface area (TPSA) is 58.1 Å². The van der Waals surface area contributed by atoms with Crippen molar-refractivity contribution in [3.8, 4) is 0 Å². The van der Waals surface area contributed by atoms with Gasteiger partial charge in [0.1, 0.15) is 0 Å². The molecule has 2 atom stereocenters. The number of nitrogens with one attached hydrogen (secondary N) is 1. The molecule has 2 aliphatic rings. The fourth-order valence-electron chi connectivity index (χ4n) is 3.30. The summed E-state index contributed by atoms with van der Waals surface area (Å²) < 4.78 is 0.308. The van der Waals surface area contributed by atoms with Crippen LogP contribution in [0.5, 0.6) is 0 Å². The summed E-state index contributed by atoms with van der Waals surface area (Å²) in [5.74, 6) is 0.428. The predicted molar refractivity (Wildman–Crippen MR) is 74.5 cm³/mol. The molecule has 0 radical (unpaired) electrons. The summed E-state index contributed by atoms with van der Waals surface area (Å²) in [6.45, 7) is 0.733. The number of fused-ring (bicyclic) bond motifs is 2. The van der Waals surface area contributed by atoms with E-state index in [-0.39, 0.29) is 5.91 Å². The molecular weight excluding hydrogens is 284 g/mol. The minimum atomic E-state index is -0.157. The smallest absolute Gasteiger partial charge is 0.282 e. The Balaban J connectivity index is 1.52. The van der Waals surface area contributed by atoms with Crippen LogP contribution in [0.25, 0.3) is 0 Å². The van der Waals surface area contributed by atoms with Crippen molar-refractivity contribution in [2.45, 2.75) is 37.8 Å². The number of carbonyl (C=O) groups is 1. The number of hydrogen-bond acceptors (Lipinski definition) is 5. The highest BCUT2D eigenvalue weighted by Gasteiger charge is 2.38. The first-order valence-electron chi connectivity index (χ1n) is 6.62. The molecular formula is C12H17ClN4OS. The van der Waals surface area contributed by atoms with Gasteiger partial charge in [0.2, 0.25) is 9.47 Å². The minimum Gasteiger partial charge on any atom is -0.350 e. The Morgan fingerprint density at radius 1 is 1.42 bits per heavy atom. The standard InChI is InChI=1S/C12H17ClN4OS/c1-17-8-2-3-9(17)5-7(4-8)6-14-10(18)11-15-16-12(13)19-11/h7-9H,2-6H2,1H3,(H,14,18). The van der Waals surface area contributed by atoms with Crippen LogP contribution >= 0.6 is 22.9 Å². The highest BCUT2D eigenvalue weighted by atomic mass is 35.5. The molecule has 2 aliphatic heterocycles. The van der Waals surface area contributed by atoms with Crippen molar-refractivity contribution in [3.05, 3.63) is 9.47 Å². The number of aromatic nitrogens is 2. The molecule has 104 valence electrons. The molecule has 2 bridgehead atoms. The molecule has 0 saturated carbocycles. The van der Waals surface area contributed by atoms with Gasteiger partial charge < -0.3 is 10.2 Å². The Labute approximate surface area is 121 Å². The van der Waals surface area contributed by atoms with E-state index in [2.05, 4.69) is 27.5 Å². The number of piperidine rings is 1. The number of rotatable bonds is 3. The van der Waals surface area contributed by atoms with Crippen LogP contribution in [0.15, 0.2) is 0 Å². The van der Waals surface area contributed by atoms with Crippen LogP contribution in [-0.4, -0.2) is 46.7 Å². The lowest BCUT2D eigenvalue weighted by atomic mass is 9.91. The van der Waals surface area contributed by atoms with Crippen molar-refractivity contribution < 1.29 is 4.79 Å². The molecule has 7 heteroatoms. The summed E-state index contributed by atoms with van der Waals surface area (Å²) >= 11 is 6.79. The second-order valence-corrected chi connectivity index (χ2v) is 7.02. The van der Waals surface area contributed by atoms with Gasteiger partial charge in [0.05, 0.1) is 0 Å². The SMILES string of the molecule is CN1C2CCC1CC(CNC(=O)c1nnc(Cl)s1)C2. The summed E-state index contributed by atoms with van der Waals surface area (Å²) in [5, 5.41) is 10.7. The maximum Gasteiger partial charge on any atom is 0.282 e. The van der Waals surface area contributed by atoms with Gasteiger partial charge in [-0.1, -0.05) is 11.3 Å². The third-order valence-corrected chi connectivity index (χ3v) is 5.36. The molecule has 1 aromatic rings. The van der Waals surface area contributed by atoms with Crippen molar-refractivity contribution in [1.29, 1.82) is 0 Å². The zero-order valence-corrected chi connectivity index (χ0v) is 12.4. The van der Waals surface area contributed by atoms with Crippen molar-refractivity contribution in [3.63, 3.8) is 0 Å². The number of halogens is 1. The number of hydrogen-bond donors (Lipinski definition) is 1. The van der Waals surface area contributed by atoms with Crippen molar-refractivity contribution in [2.75, 3.05) is 13.6 Å². The monoisotopic (exact) mass is 300 g/mol. The van der Waals surface area contributed by atoms with E-state index in [4.69, 9.17) is 11.6 Å². The Morgan fingerprint density at radius 2 is 2.11 bits per heavy atom. The van der Waals surface area contributed by atoms with Gasteiger partial charge in [-0.3, -0.25) is 4.79 Å². The molecule has 3 heterocycles. The van der Waals surface area contributed by atoms with Crippen LogP contribution in [-0.2, 0) is 0 Å². The third kappa shape index (κ3) is 2.75. The van der Waals surface area contributed by atoms with Crippen molar-refractivity contribution >= 4 is 28.8 Å². The van der Waals surface area contributed by atoms with Crippen LogP contribution in [0.1, 0.15) is 35.5 Å². The third-order valence-electron chi connectivity index (χ3n) is 4.34. The van der Waals surface area contributed by atoms with Gasteiger partial charge in [0.15, 0.2) is 0 Å². The highest BCUT2D eigenvalue weighted by molar-refractivity contribution is 7.17. The van der Waals surface area contributed by atoms with Crippen molar-refractivity contribution in [1.82, 2.24) is 20.4 Å². The van der Waals surface area contributed by atoms with Crippen LogP contribution in [0.4, 0.5) is 0 Å². The molecule has 1 amide bonds. The van der Waals surface area contributed by atoms with Gasteiger partial charge in [-0.2, -0.15) is 0 Å². The average molecular weight is 301 g/mol. The lowest BCUT2D eigenvalue weighted by molar-refractivity contribution is 0.0916. The fourth-order valence-corrected chi connectivity index (χ4v) is 4.05. The maximum atomic E-state index is 11.9. The highest BCUT2D eigenvalue weighted by Crippen LogP contribution is 2.37. The summed E-state index contributed by atoms with van der Waals surface area (Å²) in [6.07, 6.45) is 4.98. The molecule has 2 fully saturated rings. The van der Waals surface area contributed by atoms with E-state index in [9.17, 15) is 4.79 Å². The normalized spacial score (nSPS) is 30.5. The molecule has 5 nitrogen and oxygen atoms in total. The molecule has 1 N–H and O–H groups in total. The number of carbonyl (C=O) groups excluding carboxylic acids is 1. The van der Waals surface area contributed by atoms with Crippen LogP contribution in [0.3, 0.4) is 0 Å². The Hall–Kier alpha value is -0.720. The Bertz CT molecular complexity index is 466. The second kappa shape index (κ2) is 5.34. The molecule has 0 aromatic carbocycles. The number of amides is 1. The fraction of sp³-hybridized carbons (Fsp3) is 0.750. The summed E-state index contributed by atoms with van der Waals surface area (Å²) in [6, 6.07) is 1.41. The van der Waals surface area contributed by atoms with Gasteiger partial charge in [0.25, 0.3) is 5.91 Å². The molecule has 0 spiro atoms. The first-order valence-corrected chi connectivity index (χ1v) is 7.82. The van der Waals surface area contributed by atoms with Gasteiger partial charge in [0, 0.05) is 18.6 Å². The molecule has 19 heavy (non-hydrogen) atoms. The summed E-state index contributed by atoms with van der Waals surface area (Å²) in [7, 11) is 2.22. The number of nitrogens with zero attached hydrogens (tertiary/aromatic N) is 3. The minimum absolute atomic E-state index is 0.157. The second-order valence-electron chi connectivity index (χ2n) is 5.46. The van der Waals surface area contributed by atoms with Gasteiger partial charge >= 0.3 is 0 Å². The predicted octanol–water partition coefficient (Wildman–Crippen LogP) is 1.79. The van der Waals surface area contributed by atoms with E-state index in [0.717, 1.165) is 17.9 Å². The van der Waals surface area contributed by atoms with Crippen molar-refractivity contribution in [2.24, 2.45) is 5.92 Å². The first-order chi connectivity index (χ1) is 9.13. The first kappa shape index (κ1) is 13.3. The molecule has 0 aliphatic carbocycles. The van der Waals surface area contributed by atoms with Gasteiger partial charge in [-0.15, -0.1) is 10.2 Å². The van der Waals surface area contributed by atoms with Crippen LogP contribution in [0.2, 0.25) is 4.47 Å². The summed E-state index contributed by atoms with van der Waals surface area (Å²) in [5.41, 5.74) is 0. The largest absolute Gasteiger partial charge is 0.350 e. The zero-order chi connectivity index (χ0) is 13.4. The van der Waals surface area contributed by atoms with E-state index in [0.29, 0.717) is 27.5 Å². The lowest BCUT2D eigenvalue weighted by Gasteiger charge is -2.36. The zero-order valence-electron chi connectivity index (χ0n) is 10.8. The average Bonchev–Trinajstić information content (AvgIpc) is 2.88. The van der Waals surface area contributed by atoms with E-state index in [1.54, 1.807) is 0 Å². The van der Waals surface area contributed by atoms with Gasteiger partial charge in [-0.25, -0.2) is 0 Å². The van der Waals surface area contributed by atoms with E-state index in [1.165, 1.54) is 25.7 Å². The lowest BCUT2D eigenvalue weighted by Crippen LogP contribution is -2.43. The van der Waals surface area contributed by atoms with E-state index < -0.39 is 0 Å². The van der Waals surface area contributed by atoms with E-state index in [1.807, 2.05) is 0 Å².